The fourth-order valence-electron chi connectivity index (χ4n) is 3.67. The van der Waals surface area contributed by atoms with Crippen molar-refractivity contribution in [3.8, 4) is 0 Å². The van der Waals surface area contributed by atoms with E-state index in [-0.39, 0.29) is 0 Å². The Labute approximate surface area is 153 Å². The highest BCUT2D eigenvalue weighted by Crippen LogP contribution is 2.29. The van der Waals surface area contributed by atoms with Crippen molar-refractivity contribution < 1.29 is 4.42 Å². The van der Waals surface area contributed by atoms with Crippen molar-refractivity contribution in [3.05, 3.63) is 58.5 Å². The normalized spacial score (nSPS) is 21.3. The molecule has 3 rings (SSSR count). The Morgan fingerprint density at radius 1 is 1.00 bits per heavy atom. The molecule has 1 aliphatic carbocycles. The Kier molecular flexibility index (Phi) is 6.52. The molecule has 24 heavy (non-hydrogen) atoms. The lowest BCUT2D eigenvalue weighted by atomic mass is 9.82. The molecule has 0 aliphatic heterocycles. The van der Waals surface area contributed by atoms with Gasteiger partial charge in [-0.05, 0) is 73.9 Å². The zero-order valence-electron chi connectivity index (χ0n) is 14.2. The van der Waals surface area contributed by atoms with Crippen LogP contribution in [0.3, 0.4) is 0 Å². The molecule has 4 heteroatoms. The molecule has 1 heterocycles. The van der Waals surface area contributed by atoms with E-state index in [0.717, 1.165) is 48.2 Å². The van der Waals surface area contributed by atoms with Gasteiger partial charge < -0.3 is 10.2 Å². The second-order valence-electron chi connectivity index (χ2n) is 7.00. The van der Waals surface area contributed by atoms with Crippen LogP contribution in [0.1, 0.15) is 37.0 Å². The number of nitrogens with zero attached hydrogens (tertiary/aromatic N) is 1. The van der Waals surface area contributed by atoms with E-state index in [1.807, 2.05) is 6.07 Å². The van der Waals surface area contributed by atoms with Crippen LogP contribution in [0, 0.1) is 11.8 Å². The van der Waals surface area contributed by atoms with Gasteiger partial charge in [0.15, 0.2) is 0 Å². The van der Waals surface area contributed by atoms with Crippen molar-refractivity contribution in [2.24, 2.45) is 17.6 Å². The summed E-state index contributed by atoms with van der Waals surface area (Å²) in [5, 5.41) is 0. The number of hydrogen-bond donors (Lipinski definition) is 1. The molecule has 1 aliphatic rings. The van der Waals surface area contributed by atoms with Gasteiger partial charge in [-0.3, -0.25) is 4.90 Å². The minimum absolute atomic E-state index is 0.742. The van der Waals surface area contributed by atoms with Crippen LogP contribution in [0.4, 0.5) is 0 Å². The van der Waals surface area contributed by atoms with Crippen LogP contribution in [0.2, 0.25) is 0 Å². The smallest absolute Gasteiger partial charge is 0.117 e. The first-order chi connectivity index (χ1) is 11.7. The predicted octanol–water partition coefficient (Wildman–Crippen LogP) is 4.81. The molecule has 1 saturated carbocycles. The Hall–Kier alpha value is -1.10. The van der Waals surface area contributed by atoms with Gasteiger partial charge in [-0.2, -0.15) is 0 Å². The quantitative estimate of drug-likeness (QED) is 0.737. The third-order valence-electron chi connectivity index (χ3n) is 5.10. The number of hydrogen-bond acceptors (Lipinski definition) is 3. The van der Waals surface area contributed by atoms with Crippen LogP contribution in [0.5, 0.6) is 0 Å². The summed E-state index contributed by atoms with van der Waals surface area (Å²) >= 11 is 3.51. The van der Waals surface area contributed by atoms with Crippen molar-refractivity contribution >= 4 is 15.9 Å². The Morgan fingerprint density at radius 3 is 2.33 bits per heavy atom. The molecule has 0 atom stereocenters. The van der Waals surface area contributed by atoms with E-state index in [1.54, 1.807) is 6.26 Å². The number of rotatable bonds is 7. The Balaban J connectivity index is 1.62. The van der Waals surface area contributed by atoms with Crippen LogP contribution in [0.15, 0.2) is 51.6 Å². The number of nitrogens with two attached hydrogens (primary N) is 1. The zero-order chi connectivity index (χ0) is 16.8. The molecule has 130 valence electrons. The van der Waals surface area contributed by atoms with E-state index in [2.05, 4.69) is 51.2 Å². The maximum absolute atomic E-state index is 5.83. The minimum Gasteiger partial charge on any atom is -0.468 e. The molecule has 0 amide bonds. The molecule has 1 aromatic carbocycles. The average Bonchev–Trinajstić information content (AvgIpc) is 3.10. The summed E-state index contributed by atoms with van der Waals surface area (Å²) < 4.78 is 6.71. The number of furan rings is 1. The van der Waals surface area contributed by atoms with Crippen molar-refractivity contribution in [2.75, 3.05) is 13.1 Å². The summed E-state index contributed by atoms with van der Waals surface area (Å²) in [6.45, 7) is 3.82. The van der Waals surface area contributed by atoms with Crippen LogP contribution in [0.25, 0.3) is 0 Å². The zero-order valence-corrected chi connectivity index (χ0v) is 15.7. The summed E-state index contributed by atoms with van der Waals surface area (Å²) in [4.78, 5) is 2.52. The summed E-state index contributed by atoms with van der Waals surface area (Å²) in [6, 6.07) is 12.7. The SMILES string of the molecule is NCC1CCC(CN(Cc2ccc(Br)cc2)Cc2ccco2)CC1. The summed E-state index contributed by atoms with van der Waals surface area (Å²) in [5.41, 5.74) is 7.18. The molecule has 1 aromatic heterocycles. The van der Waals surface area contributed by atoms with Crippen LogP contribution < -0.4 is 5.73 Å². The third kappa shape index (κ3) is 5.20. The van der Waals surface area contributed by atoms with Gasteiger partial charge in [0.05, 0.1) is 12.8 Å². The predicted molar refractivity (Wildman–Crippen MR) is 101 cm³/mol. The number of halogens is 1. The lowest BCUT2D eigenvalue weighted by Gasteiger charge is -2.32. The summed E-state index contributed by atoms with van der Waals surface area (Å²) in [7, 11) is 0. The molecule has 1 fully saturated rings. The highest BCUT2D eigenvalue weighted by atomic mass is 79.9. The van der Waals surface area contributed by atoms with E-state index < -0.39 is 0 Å². The van der Waals surface area contributed by atoms with Gasteiger partial charge >= 0.3 is 0 Å². The van der Waals surface area contributed by atoms with Crippen molar-refractivity contribution in [1.29, 1.82) is 0 Å². The average molecular weight is 391 g/mol. The van der Waals surface area contributed by atoms with Crippen molar-refractivity contribution in [3.63, 3.8) is 0 Å². The molecule has 0 radical (unpaired) electrons. The van der Waals surface area contributed by atoms with E-state index in [4.69, 9.17) is 10.2 Å². The molecule has 2 N–H and O–H groups in total. The minimum atomic E-state index is 0.742. The third-order valence-corrected chi connectivity index (χ3v) is 5.62. The standard InChI is InChI=1S/C20H27BrN2O/c21-19-9-7-18(8-10-19)14-23(15-20-2-1-11-24-20)13-17-5-3-16(12-22)4-6-17/h1-2,7-11,16-17H,3-6,12-15,22H2. The molecular weight excluding hydrogens is 364 g/mol. The lowest BCUT2D eigenvalue weighted by Crippen LogP contribution is -2.32. The first-order valence-electron chi connectivity index (χ1n) is 8.92. The largest absolute Gasteiger partial charge is 0.468 e. The van der Waals surface area contributed by atoms with Gasteiger partial charge in [-0.25, -0.2) is 0 Å². The van der Waals surface area contributed by atoms with Crippen molar-refractivity contribution in [2.45, 2.75) is 38.8 Å². The Bertz CT molecular complexity index is 589. The van der Waals surface area contributed by atoms with E-state index in [1.165, 1.54) is 31.2 Å². The second kappa shape index (κ2) is 8.84. The molecular formula is C20H27BrN2O. The van der Waals surface area contributed by atoms with Gasteiger partial charge in [0.1, 0.15) is 5.76 Å². The maximum Gasteiger partial charge on any atom is 0.117 e. The molecule has 0 spiro atoms. The molecule has 2 aromatic rings. The fraction of sp³-hybridized carbons (Fsp3) is 0.500. The highest BCUT2D eigenvalue weighted by molar-refractivity contribution is 9.10. The number of benzene rings is 1. The topological polar surface area (TPSA) is 42.4 Å². The lowest BCUT2D eigenvalue weighted by molar-refractivity contribution is 0.161. The van der Waals surface area contributed by atoms with Gasteiger partial charge in [0, 0.05) is 17.6 Å². The summed E-state index contributed by atoms with van der Waals surface area (Å²) in [6.07, 6.45) is 6.94. The first kappa shape index (κ1) is 17.7. The van der Waals surface area contributed by atoms with Crippen molar-refractivity contribution in [1.82, 2.24) is 4.90 Å². The van der Waals surface area contributed by atoms with Gasteiger partial charge in [-0.1, -0.05) is 28.1 Å². The van der Waals surface area contributed by atoms with E-state index in [0.29, 0.717) is 0 Å². The van der Waals surface area contributed by atoms with E-state index >= 15 is 0 Å². The maximum atomic E-state index is 5.83. The molecule has 0 unspecified atom stereocenters. The van der Waals surface area contributed by atoms with Crippen LogP contribution in [-0.2, 0) is 13.1 Å². The molecule has 0 bridgehead atoms. The Morgan fingerprint density at radius 2 is 1.71 bits per heavy atom. The van der Waals surface area contributed by atoms with Crippen LogP contribution >= 0.6 is 15.9 Å². The second-order valence-corrected chi connectivity index (χ2v) is 7.91. The molecule has 0 saturated heterocycles. The first-order valence-corrected chi connectivity index (χ1v) is 9.71. The highest BCUT2D eigenvalue weighted by Gasteiger charge is 2.22. The van der Waals surface area contributed by atoms with Gasteiger partial charge in [-0.15, -0.1) is 0 Å². The monoisotopic (exact) mass is 390 g/mol. The van der Waals surface area contributed by atoms with Gasteiger partial charge in [0.2, 0.25) is 0 Å². The van der Waals surface area contributed by atoms with E-state index in [9.17, 15) is 0 Å². The molecule has 3 nitrogen and oxygen atoms in total. The fourth-order valence-corrected chi connectivity index (χ4v) is 3.94. The van der Waals surface area contributed by atoms with Crippen LogP contribution in [-0.4, -0.2) is 18.0 Å². The summed E-state index contributed by atoms with van der Waals surface area (Å²) in [5.74, 6) is 2.56. The van der Waals surface area contributed by atoms with Gasteiger partial charge in [0.25, 0.3) is 0 Å².